The third kappa shape index (κ3) is 6.02. The van der Waals surface area contributed by atoms with Gasteiger partial charge in [-0.3, -0.25) is 14.5 Å². The molecule has 10 heteroatoms. The summed E-state index contributed by atoms with van der Waals surface area (Å²) in [6, 6.07) is 5.73. The maximum absolute atomic E-state index is 14.7. The molecule has 2 aliphatic rings. The average Bonchev–Trinajstić information content (AvgIpc) is 3.04. The molecule has 0 radical (unpaired) electrons. The molecular formula is C25H34F2N2O6. The van der Waals surface area contributed by atoms with Crippen LogP contribution in [0.5, 0.6) is 5.75 Å². The number of amides is 2. The standard InChI is InChI=1S/C25H34F2N2O6/c1-23(2,3)35-22(32)29-15-25(26,27)18-11-12-28(20(30)19(18)29)14-24(4,5)21(31)34-13-16-7-9-17(33-6)10-8-16/h7-10,18-19H,11-15H2,1-6H3. The van der Waals surface area contributed by atoms with Crippen LogP contribution in [0.4, 0.5) is 13.6 Å². The topological polar surface area (TPSA) is 85.4 Å². The quantitative estimate of drug-likeness (QED) is 0.556. The normalized spacial score (nSPS) is 22.0. The molecule has 8 nitrogen and oxygen atoms in total. The summed E-state index contributed by atoms with van der Waals surface area (Å²) < 4.78 is 45.2. The monoisotopic (exact) mass is 496 g/mol. The molecule has 1 aromatic carbocycles. The lowest BCUT2D eigenvalue weighted by Crippen LogP contribution is -2.57. The molecule has 0 bridgehead atoms. The lowest BCUT2D eigenvalue weighted by molar-refractivity contribution is -0.159. The number of carbonyl (C=O) groups is 3. The average molecular weight is 497 g/mol. The number of ether oxygens (including phenoxy) is 3. The van der Waals surface area contributed by atoms with Gasteiger partial charge in [0, 0.05) is 13.1 Å². The molecule has 35 heavy (non-hydrogen) atoms. The minimum absolute atomic E-state index is 0.0136. The molecule has 0 aromatic heterocycles. The summed E-state index contributed by atoms with van der Waals surface area (Å²) >= 11 is 0. The number of methoxy groups -OCH3 is 1. The van der Waals surface area contributed by atoms with Crippen molar-refractivity contribution in [3.63, 3.8) is 0 Å². The van der Waals surface area contributed by atoms with Crippen molar-refractivity contribution in [2.75, 3.05) is 26.7 Å². The van der Waals surface area contributed by atoms with Crippen molar-refractivity contribution in [1.82, 2.24) is 9.80 Å². The van der Waals surface area contributed by atoms with Gasteiger partial charge in [-0.15, -0.1) is 0 Å². The van der Waals surface area contributed by atoms with E-state index in [1.807, 2.05) is 0 Å². The number of piperidine rings is 1. The summed E-state index contributed by atoms with van der Waals surface area (Å²) in [5.74, 6) is -4.94. The molecule has 2 fully saturated rings. The molecule has 2 unspecified atom stereocenters. The lowest BCUT2D eigenvalue weighted by atomic mass is 9.86. The number of fused-ring (bicyclic) bond motifs is 1. The minimum atomic E-state index is -3.20. The zero-order valence-corrected chi connectivity index (χ0v) is 21.1. The number of likely N-dealkylation sites (tertiary alicyclic amines) is 2. The first kappa shape index (κ1) is 26.7. The van der Waals surface area contributed by atoms with Gasteiger partial charge in [0.1, 0.15) is 24.0 Å². The first-order valence-electron chi connectivity index (χ1n) is 11.6. The van der Waals surface area contributed by atoms with Crippen LogP contribution in [-0.2, 0) is 25.7 Å². The van der Waals surface area contributed by atoms with Crippen molar-refractivity contribution in [1.29, 1.82) is 0 Å². The van der Waals surface area contributed by atoms with Gasteiger partial charge in [0.05, 0.1) is 25.0 Å². The van der Waals surface area contributed by atoms with Crippen LogP contribution >= 0.6 is 0 Å². The Morgan fingerprint density at radius 2 is 1.74 bits per heavy atom. The van der Waals surface area contributed by atoms with E-state index >= 15 is 0 Å². The molecule has 0 saturated carbocycles. The van der Waals surface area contributed by atoms with E-state index in [2.05, 4.69) is 0 Å². The Labute approximate surface area is 204 Å². The second kappa shape index (κ2) is 9.62. The number of carbonyl (C=O) groups excluding carboxylic acids is 3. The van der Waals surface area contributed by atoms with Crippen LogP contribution in [0, 0.1) is 11.3 Å². The summed E-state index contributed by atoms with van der Waals surface area (Å²) in [5, 5.41) is 0. The highest BCUT2D eigenvalue weighted by molar-refractivity contribution is 5.88. The Balaban J connectivity index is 1.68. The van der Waals surface area contributed by atoms with E-state index < -0.39 is 53.4 Å². The molecule has 0 N–H and O–H groups in total. The van der Waals surface area contributed by atoms with Crippen molar-refractivity contribution in [2.45, 2.75) is 65.2 Å². The summed E-state index contributed by atoms with van der Waals surface area (Å²) in [7, 11) is 1.56. The fourth-order valence-corrected chi connectivity index (χ4v) is 4.42. The van der Waals surface area contributed by atoms with Gasteiger partial charge in [-0.1, -0.05) is 12.1 Å². The first-order chi connectivity index (χ1) is 16.1. The maximum atomic E-state index is 14.7. The molecule has 2 saturated heterocycles. The summed E-state index contributed by atoms with van der Waals surface area (Å²) in [5.41, 5.74) is -1.21. The van der Waals surface area contributed by atoms with Crippen LogP contribution in [0.3, 0.4) is 0 Å². The van der Waals surface area contributed by atoms with Crippen LogP contribution in [0.15, 0.2) is 24.3 Å². The third-order valence-electron chi connectivity index (χ3n) is 6.21. The van der Waals surface area contributed by atoms with Gasteiger partial charge in [-0.25, -0.2) is 13.6 Å². The SMILES string of the molecule is COc1ccc(COC(=O)C(C)(C)CN2CCC3C(C2=O)N(C(=O)OC(C)(C)C)CC3(F)F)cc1. The van der Waals surface area contributed by atoms with Gasteiger partial charge in [0.15, 0.2) is 0 Å². The number of rotatable bonds is 6. The summed E-state index contributed by atoms with van der Waals surface area (Å²) in [6.45, 7) is 7.38. The van der Waals surface area contributed by atoms with Gasteiger partial charge in [0.25, 0.3) is 5.92 Å². The number of hydrogen-bond donors (Lipinski definition) is 0. The van der Waals surface area contributed by atoms with Crippen LogP contribution in [0.25, 0.3) is 0 Å². The number of alkyl halides is 2. The van der Waals surface area contributed by atoms with E-state index in [0.717, 1.165) is 10.5 Å². The number of halogens is 2. The number of benzene rings is 1. The smallest absolute Gasteiger partial charge is 0.411 e. The van der Waals surface area contributed by atoms with Crippen molar-refractivity contribution in [3.8, 4) is 5.75 Å². The van der Waals surface area contributed by atoms with Crippen molar-refractivity contribution < 1.29 is 37.4 Å². The Hall–Kier alpha value is -2.91. The van der Waals surface area contributed by atoms with Crippen LogP contribution in [0.1, 0.15) is 46.6 Å². The largest absolute Gasteiger partial charge is 0.497 e. The predicted molar refractivity (Wildman–Crippen MR) is 123 cm³/mol. The van der Waals surface area contributed by atoms with E-state index in [1.165, 1.54) is 4.90 Å². The molecule has 3 rings (SSSR count). The maximum Gasteiger partial charge on any atom is 0.411 e. The summed E-state index contributed by atoms with van der Waals surface area (Å²) in [6.07, 6.45) is -0.933. The lowest BCUT2D eigenvalue weighted by Gasteiger charge is -2.40. The Bertz CT molecular complexity index is 958. The van der Waals surface area contributed by atoms with Gasteiger partial charge in [-0.2, -0.15) is 0 Å². The van der Waals surface area contributed by atoms with Crippen molar-refractivity contribution >= 4 is 18.0 Å². The highest BCUT2D eigenvalue weighted by Gasteiger charge is 2.61. The molecule has 2 amide bonds. The molecule has 2 atom stereocenters. The van der Waals surface area contributed by atoms with E-state index in [0.29, 0.717) is 5.75 Å². The Morgan fingerprint density at radius 1 is 1.11 bits per heavy atom. The summed E-state index contributed by atoms with van der Waals surface area (Å²) in [4.78, 5) is 40.9. The van der Waals surface area contributed by atoms with Crippen LogP contribution in [-0.4, -0.2) is 72.1 Å². The number of esters is 1. The van der Waals surface area contributed by atoms with Gasteiger partial charge >= 0.3 is 12.1 Å². The second-order valence-corrected chi connectivity index (χ2v) is 10.8. The highest BCUT2D eigenvalue weighted by Crippen LogP contribution is 2.44. The molecule has 0 spiro atoms. The van der Waals surface area contributed by atoms with E-state index in [-0.39, 0.29) is 26.1 Å². The molecule has 2 aliphatic heterocycles. The predicted octanol–water partition coefficient (Wildman–Crippen LogP) is 3.87. The number of hydrogen-bond acceptors (Lipinski definition) is 6. The minimum Gasteiger partial charge on any atom is -0.497 e. The molecular weight excluding hydrogens is 462 g/mol. The fraction of sp³-hybridized carbons (Fsp3) is 0.640. The second-order valence-electron chi connectivity index (χ2n) is 10.8. The van der Waals surface area contributed by atoms with E-state index in [1.54, 1.807) is 66.0 Å². The Kier molecular flexibility index (Phi) is 7.34. The third-order valence-corrected chi connectivity index (χ3v) is 6.21. The molecule has 194 valence electrons. The van der Waals surface area contributed by atoms with Gasteiger partial charge < -0.3 is 19.1 Å². The molecule has 2 heterocycles. The van der Waals surface area contributed by atoms with Gasteiger partial charge in [0.2, 0.25) is 5.91 Å². The van der Waals surface area contributed by atoms with E-state index in [9.17, 15) is 23.2 Å². The fourth-order valence-electron chi connectivity index (χ4n) is 4.42. The zero-order chi connectivity index (χ0) is 26.2. The van der Waals surface area contributed by atoms with Crippen molar-refractivity contribution in [3.05, 3.63) is 29.8 Å². The Morgan fingerprint density at radius 3 is 2.31 bits per heavy atom. The molecule has 0 aliphatic carbocycles. The molecule has 1 aromatic rings. The van der Waals surface area contributed by atoms with Crippen LogP contribution in [0.2, 0.25) is 0 Å². The van der Waals surface area contributed by atoms with E-state index in [4.69, 9.17) is 14.2 Å². The first-order valence-corrected chi connectivity index (χ1v) is 11.6. The van der Waals surface area contributed by atoms with Crippen LogP contribution < -0.4 is 4.74 Å². The highest BCUT2D eigenvalue weighted by atomic mass is 19.3. The number of nitrogens with zero attached hydrogens (tertiary/aromatic N) is 2. The van der Waals surface area contributed by atoms with Crippen molar-refractivity contribution in [2.24, 2.45) is 11.3 Å². The van der Waals surface area contributed by atoms with Gasteiger partial charge in [-0.05, 0) is 58.7 Å². The zero-order valence-electron chi connectivity index (χ0n) is 21.1.